The minimum atomic E-state index is -2.97. The van der Waals surface area contributed by atoms with E-state index in [1.165, 1.54) is 10.8 Å². The molecule has 0 fully saturated rings. The Labute approximate surface area is 170 Å². The summed E-state index contributed by atoms with van der Waals surface area (Å²) in [6.45, 7) is 0. The van der Waals surface area contributed by atoms with Gasteiger partial charge in [-0.25, -0.2) is 0 Å². The van der Waals surface area contributed by atoms with Crippen LogP contribution in [0.4, 0.5) is 0 Å². The quantitative estimate of drug-likeness (QED) is 0.364. The summed E-state index contributed by atoms with van der Waals surface area (Å²) in [5, 5.41) is 3.33. The van der Waals surface area contributed by atoms with Crippen molar-refractivity contribution in [3.8, 4) is 11.1 Å². The molecule has 0 bridgehead atoms. The highest BCUT2D eigenvalue weighted by Crippen LogP contribution is 2.34. The molecular weight excluding hydrogens is 423 g/mol. The smallest absolute Gasteiger partial charge is 0.373 e. The monoisotopic (exact) mass is 440 g/mol. The third-order valence-corrected chi connectivity index (χ3v) is 14.2. The van der Waals surface area contributed by atoms with Crippen molar-refractivity contribution in [1.29, 1.82) is 0 Å². The molecule has 3 aromatic rings. The lowest BCUT2D eigenvalue weighted by Crippen LogP contribution is -2.56. The van der Waals surface area contributed by atoms with E-state index in [1.807, 2.05) is 30.3 Å². The van der Waals surface area contributed by atoms with Gasteiger partial charge in [0.2, 0.25) is 0 Å². The summed E-state index contributed by atoms with van der Waals surface area (Å²) in [4.78, 5) is 0. The Morgan fingerprint density at radius 2 is 1.31 bits per heavy atom. The fourth-order valence-electron chi connectivity index (χ4n) is 3.32. The second-order valence-electron chi connectivity index (χ2n) is 6.03. The minimum absolute atomic E-state index is 0.333. The van der Waals surface area contributed by atoms with Gasteiger partial charge in [0, 0.05) is 25.1 Å². The van der Waals surface area contributed by atoms with E-state index in [2.05, 4.69) is 36.4 Å². The zero-order chi connectivity index (χ0) is 18.8. The molecule has 2 nitrogen and oxygen atoms in total. The van der Waals surface area contributed by atoms with Crippen LogP contribution < -0.4 is 5.19 Å². The third kappa shape index (κ3) is 4.02. The number of benzene rings is 3. The summed E-state index contributed by atoms with van der Waals surface area (Å²) in [5.74, 6) is 0. The standard InChI is InChI=1S/C19H19Cl3O2Si2/c1-23-25(24-2,14-26(20,21)22)19-13-6-5-11-18(19)17-12-7-9-15-8-3-4-10-16(15)17/h3-13H,14H2,1-2H3. The van der Waals surface area contributed by atoms with Crippen LogP contribution in [0.2, 0.25) is 5.67 Å². The van der Waals surface area contributed by atoms with Crippen molar-refractivity contribution in [3.63, 3.8) is 0 Å². The number of fused-ring (bicyclic) bond motifs is 1. The predicted molar refractivity (Wildman–Crippen MR) is 117 cm³/mol. The van der Waals surface area contributed by atoms with Crippen LogP contribution in [0.15, 0.2) is 66.7 Å². The number of rotatable bonds is 6. The zero-order valence-electron chi connectivity index (χ0n) is 14.5. The summed E-state index contributed by atoms with van der Waals surface area (Å²) in [7, 11) is 0.375. The fraction of sp³-hybridized carbons (Fsp3) is 0.158. The van der Waals surface area contributed by atoms with E-state index in [4.69, 9.17) is 42.1 Å². The van der Waals surface area contributed by atoms with Crippen molar-refractivity contribution in [2.24, 2.45) is 0 Å². The van der Waals surface area contributed by atoms with Gasteiger partial charge in [0.25, 0.3) is 0 Å². The highest BCUT2D eigenvalue weighted by Gasteiger charge is 2.48. The van der Waals surface area contributed by atoms with Crippen LogP contribution in [0, 0.1) is 0 Å². The van der Waals surface area contributed by atoms with E-state index in [0.29, 0.717) is 5.67 Å². The molecule has 0 aromatic heterocycles. The molecule has 0 radical (unpaired) electrons. The first kappa shape index (κ1) is 19.9. The van der Waals surface area contributed by atoms with Gasteiger partial charge in [-0.3, -0.25) is 0 Å². The normalized spacial score (nSPS) is 12.5. The van der Waals surface area contributed by atoms with Gasteiger partial charge in [0.1, 0.15) is 0 Å². The molecule has 0 N–H and O–H groups in total. The molecule has 0 saturated heterocycles. The lowest BCUT2D eigenvalue weighted by Gasteiger charge is -2.31. The molecule has 0 atom stereocenters. The Balaban J connectivity index is 2.25. The molecule has 26 heavy (non-hydrogen) atoms. The Hall–Kier alpha value is -0.856. The molecule has 0 heterocycles. The lowest BCUT2D eigenvalue weighted by molar-refractivity contribution is 0.263. The SMILES string of the molecule is CO[Si](C[Si](Cl)(Cl)Cl)(OC)c1ccccc1-c1cccc2ccccc12. The van der Waals surface area contributed by atoms with Gasteiger partial charge in [-0.1, -0.05) is 66.7 Å². The van der Waals surface area contributed by atoms with Gasteiger partial charge in [-0.05, 0) is 21.9 Å². The van der Waals surface area contributed by atoms with Crippen LogP contribution in [0.5, 0.6) is 0 Å². The molecule has 0 aliphatic carbocycles. The highest BCUT2D eigenvalue weighted by atomic mass is 35.8. The van der Waals surface area contributed by atoms with E-state index in [9.17, 15) is 0 Å². The summed E-state index contributed by atoms with van der Waals surface area (Å²) in [5.41, 5.74) is 2.51. The summed E-state index contributed by atoms with van der Waals surface area (Å²) >= 11 is 18.8. The molecular formula is C19H19Cl3O2Si2. The number of hydrogen-bond acceptors (Lipinski definition) is 2. The second-order valence-corrected chi connectivity index (χ2v) is 19.1. The molecule has 0 aliphatic rings. The summed E-state index contributed by atoms with van der Waals surface area (Å²) in [6.07, 6.45) is 0. The maximum absolute atomic E-state index is 6.26. The lowest BCUT2D eigenvalue weighted by atomic mass is 9.98. The van der Waals surface area contributed by atoms with Crippen LogP contribution in [0.3, 0.4) is 0 Å². The Morgan fingerprint density at radius 1 is 0.731 bits per heavy atom. The average molecular weight is 442 g/mol. The van der Waals surface area contributed by atoms with Gasteiger partial charge in [0.15, 0.2) is 0 Å². The summed E-state index contributed by atoms with van der Waals surface area (Å²) < 4.78 is 11.8. The van der Waals surface area contributed by atoms with Gasteiger partial charge in [0.05, 0.1) is 0 Å². The van der Waals surface area contributed by atoms with Crippen LogP contribution in [0.25, 0.3) is 21.9 Å². The van der Waals surface area contributed by atoms with Gasteiger partial charge >= 0.3 is 14.6 Å². The van der Waals surface area contributed by atoms with Crippen molar-refractivity contribution < 1.29 is 8.85 Å². The summed E-state index contributed by atoms with van der Waals surface area (Å²) in [6, 6.07) is 19.7. The first-order chi connectivity index (χ1) is 12.4. The van der Waals surface area contributed by atoms with Crippen molar-refractivity contribution in [1.82, 2.24) is 0 Å². The number of halogens is 3. The molecule has 0 spiro atoms. The highest BCUT2D eigenvalue weighted by molar-refractivity contribution is 7.66. The molecule has 0 unspecified atom stereocenters. The zero-order valence-corrected chi connectivity index (χ0v) is 18.8. The number of hydrogen-bond donors (Lipinski definition) is 0. The van der Waals surface area contributed by atoms with Gasteiger partial charge in [-0.2, -0.15) is 0 Å². The van der Waals surface area contributed by atoms with E-state index >= 15 is 0 Å². The Morgan fingerprint density at radius 3 is 2.00 bits per heavy atom. The van der Waals surface area contributed by atoms with Crippen LogP contribution in [-0.4, -0.2) is 28.8 Å². The molecule has 7 heteroatoms. The van der Waals surface area contributed by atoms with E-state index in [1.54, 1.807) is 14.2 Å². The molecule has 0 aliphatic heterocycles. The van der Waals surface area contributed by atoms with Crippen LogP contribution >= 0.6 is 33.2 Å². The van der Waals surface area contributed by atoms with Gasteiger partial charge in [-0.15, -0.1) is 33.2 Å². The topological polar surface area (TPSA) is 18.5 Å². The first-order valence-electron chi connectivity index (χ1n) is 8.15. The molecule has 136 valence electrons. The van der Waals surface area contributed by atoms with Crippen LogP contribution in [0.1, 0.15) is 0 Å². The van der Waals surface area contributed by atoms with Crippen molar-refractivity contribution >= 4 is 63.8 Å². The molecule has 3 rings (SSSR count). The van der Waals surface area contributed by atoms with Crippen molar-refractivity contribution in [2.75, 3.05) is 14.2 Å². The largest absolute Gasteiger partial charge is 0.394 e. The molecule has 0 saturated carbocycles. The molecule has 0 amide bonds. The maximum atomic E-state index is 6.26. The van der Waals surface area contributed by atoms with Gasteiger partial charge < -0.3 is 8.85 Å². The Kier molecular flexibility index (Phi) is 6.14. The minimum Gasteiger partial charge on any atom is -0.394 e. The predicted octanol–water partition coefficient (Wildman–Crippen LogP) is 5.64. The van der Waals surface area contributed by atoms with Crippen LogP contribution in [-0.2, 0) is 8.85 Å². The van der Waals surface area contributed by atoms with E-state index < -0.39 is 14.6 Å². The molecule has 3 aromatic carbocycles. The van der Waals surface area contributed by atoms with E-state index in [0.717, 1.165) is 16.3 Å². The first-order valence-corrected chi connectivity index (χ1v) is 15.4. The van der Waals surface area contributed by atoms with Crippen molar-refractivity contribution in [3.05, 3.63) is 66.7 Å². The maximum Gasteiger partial charge on any atom is 0.373 e. The fourth-order valence-corrected chi connectivity index (χ4v) is 13.7. The average Bonchev–Trinajstić information content (AvgIpc) is 2.65. The Bertz CT molecular complexity index is 903. The second kappa shape index (κ2) is 8.02. The van der Waals surface area contributed by atoms with Crippen molar-refractivity contribution in [2.45, 2.75) is 5.67 Å². The van der Waals surface area contributed by atoms with E-state index in [-0.39, 0.29) is 0 Å². The third-order valence-electron chi connectivity index (χ3n) is 4.51.